The van der Waals surface area contributed by atoms with Gasteiger partial charge >= 0.3 is 0 Å². The summed E-state index contributed by atoms with van der Waals surface area (Å²) in [5, 5.41) is 8.97. The molecule has 16 heavy (non-hydrogen) atoms. The second-order valence-electron chi connectivity index (χ2n) is 4.18. The standard InChI is InChI=1S/C12H16N4/c1-2-10-3-7-16(8-4-10)12-11(9-13)14-5-6-15-12/h5-6,10H,2-4,7-8H2,1H3. The van der Waals surface area contributed by atoms with E-state index in [9.17, 15) is 0 Å². The molecule has 84 valence electrons. The van der Waals surface area contributed by atoms with Gasteiger partial charge in [0.15, 0.2) is 11.5 Å². The monoisotopic (exact) mass is 216 g/mol. The van der Waals surface area contributed by atoms with Crippen molar-refractivity contribution < 1.29 is 0 Å². The first-order valence-corrected chi connectivity index (χ1v) is 5.81. The Morgan fingerprint density at radius 1 is 1.38 bits per heavy atom. The molecule has 4 heteroatoms. The maximum Gasteiger partial charge on any atom is 0.183 e. The van der Waals surface area contributed by atoms with Crippen LogP contribution in [0.5, 0.6) is 0 Å². The van der Waals surface area contributed by atoms with Crippen LogP contribution in [0.25, 0.3) is 0 Å². The fourth-order valence-electron chi connectivity index (χ4n) is 2.19. The van der Waals surface area contributed by atoms with Crippen molar-refractivity contribution in [3.63, 3.8) is 0 Å². The normalized spacial score (nSPS) is 17.1. The minimum Gasteiger partial charge on any atom is -0.354 e. The zero-order valence-electron chi connectivity index (χ0n) is 9.56. The van der Waals surface area contributed by atoms with Crippen molar-refractivity contribution in [1.82, 2.24) is 9.97 Å². The average molecular weight is 216 g/mol. The number of hydrogen-bond acceptors (Lipinski definition) is 4. The topological polar surface area (TPSA) is 52.8 Å². The first kappa shape index (κ1) is 10.9. The van der Waals surface area contributed by atoms with Crippen LogP contribution in [0.4, 0.5) is 5.82 Å². The highest BCUT2D eigenvalue weighted by Crippen LogP contribution is 2.24. The molecule has 1 aliphatic heterocycles. The summed E-state index contributed by atoms with van der Waals surface area (Å²) in [5.74, 6) is 1.58. The van der Waals surface area contributed by atoms with Gasteiger partial charge in [0, 0.05) is 25.5 Å². The fourth-order valence-corrected chi connectivity index (χ4v) is 2.19. The summed E-state index contributed by atoms with van der Waals surface area (Å²) in [6.45, 7) is 4.22. The van der Waals surface area contributed by atoms with Crippen LogP contribution in [0.2, 0.25) is 0 Å². The van der Waals surface area contributed by atoms with E-state index in [1.165, 1.54) is 19.3 Å². The lowest BCUT2D eigenvalue weighted by Crippen LogP contribution is -2.34. The van der Waals surface area contributed by atoms with E-state index in [1.54, 1.807) is 12.4 Å². The molecule has 2 rings (SSSR count). The SMILES string of the molecule is CCC1CCN(c2nccnc2C#N)CC1. The number of anilines is 1. The van der Waals surface area contributed by atoms with Crippen LogP contribution in [0, 0.1) is 17.2 Å². The summed E-state index contributed by atoms with van der Waals surface area (Å²) in [6, 6.07) is 2.10. The molecule has 0 bridgehead atoms. The van der Waals surface area contributed by atoms with E-state index < -0.39 is 0 Å². The highest BCUT2D eigenvalue weighted by atomic mass is 15.2. The Morgan fingerprint density at radius 3 is 2.69 bits per heavy atom. The van der Waals surface area contributed by atoms with Crippen LogP contribution in [-0.2, 0) is 0 Å². The first-order chi connectivity index (χ1) is 7.85. The summed E-state index contributed by atoms with van der Waals surface area (Å²) in [7, 11) is 0. The Balaban J connectivity index is 2.11. The molecule has 0 unspecified atom stereocenters. The Hall–Kier alpha value is -1.63. The molecule has 1 aromatic rings. The van der Waals surface area contributed by atoms with Crippen molar-refractivity contribution in [2.45, 2.75) is 26.2 Å². The molecule has 0 spiro atoms. The van der Waals surface area contributed by atoms with Crippen LogP contribution in [0.3, 0.4) is 0 Å². The van der Waals surface area contributed by atoms with Crippen molar-refractivity contribution in [2.24, 2.45) is 5.92 Å². The molecule has 0 atom stereocenters. The van der Waals surface area contributed by atoms with Gasteiger partial charge in [0.2, 0.25) is 0 Å². The van der Waals surface area contributed by atoms with Crippen molar-refractivity contribution in [1.29, 1.82) is 5.26 Å². The van der Waals surface area contributed by atoms with Crippen molar-refractivity contribution in [2.75, 3.05) is 18.0 Å². The molecule has 1 aliphatic rings. The summed E-state index contributed by atoms with van der Waals surface area (Å²) in [4.78, 5) is 10.5. The van der Waals surface area contributed by atoms with Gasteiger partial charge in [0.1, 0.15) is 6.07 Å². The quantitative estimate of drug-likeness (QED) is 0.758. The highest BCUT2D eigenvalue weighted by Gasteiger charge is 2.21. The van der Waals surface area contributed by atoms with Crippen molar-refractivity contribution >= 4 is 5.82 Å². The van der Waals surface area contributed by atoms with Crippen LogP contribution in [0.15, 0.2) is 12.4 Å². The molecule has 2 heterocycles. The van der Waals surface area contributed by atoms with Gasteiger partial charge in [-0.05, 0) is 18.8 Å². The number of piperidine rings is 1. The van der Waals surface area contributed by atoms with Gasteiger partial charge in [-0.2, -0.15) is 5.26 Å². The Bertz CT molecular complexity index is 388. The van der Waals surface area contributed by atoms with Crippen molar-refractivity contribution in [3.8, 4) is 6.07 Å². The van der Waals surface area contributed by atoms with Gasteiger partial charge in [-0.25, -0.2) is 9.97 Å². The Kier molecular flexibility index (Phi) is 3.35. The van der Waals surface area contributed by atoms with E-state index in [1.807, 2.05) is 0 Å². The molecule has 0 saturated carbocycles. The second kappa shape index (κ2) is 4.93. The van der Waals surface area contributed by atoms with Crippen LogP contribution in [-0.4, -0.2) is 23.1 Å². The summed E-state index contributed by atoms with van der Waals surface area (Å²) >= 11 is 0. The van der Waals surface area contributed by atoms with Crippen LogP contribution in [0.1, 0.15) is 31.9 Å². The third kappa shape index (κ3) is 2.13. The molecule has 4 nitrogen and oxygen atoms in total. The van der Waals surface area contributed by atoms with Gasteiger partial charge in [0.05, 0.1) is 0 Å². The largest absolute Gasteiger partial charge is 0.354 e. The minimum absolute atomic E-state index is 0.442. The first-order valence-electron chi connectivity index (χ1n) is 5.81. The number of rotatable bonds is 2. The van der Waals surface area contributed by atoms with Crippen LogP contribution < -0.4 is 4.90 Å². The molecular weight excluding hydrogens is 200 g/mol. The molecule has 1 saturated heterocycles. The minimum atomic E-state index is 0.442. The third-order valence-corrected chi connectivity index (χ3v) is 3.28. The molecular formula is C12H16N4. The zero-order chi connectivity index (χ0) is 11.4. The summed E-state index contributed by atoms with van der Waals surface area (Å²) in [6.07, 6.45) is 6.86. The number of nitriles is 1. The van der Waals surface area contributed by atoms with Gasteiger partial charge in [-0.3, -0.25) is 0 Å². The lowest BCUT2D eigenvalue weighted by Gasteiger charge is -2.32. The van der Waals surface area contributed by atoms with Gasteiger partial charge in [0.25, 0.3) is 0 Å². The van der Waals surface area contributed by atoms with Gasteiger partial charge in [-0.15, -0.1) is 0 Å². The second-order valence-corrected chi connectivity index (χ2v) is 4.18. The average Bonchev–Trinajstić information content (AvgIpc) is 2.39. The molecule has 0 aliphatic carbocycles. The van der Waals surface area contributed by atoms with E-state index in [0.717, 1.165) is 24.8 Å². The van der Waals surface area contributed by atoms with Gasteiger partial charge in [-0.1, -0.05) is 13.3 Å². The van der Waals surface area contributed by atoms with E-state index in [-0.39, 0.29) is 0 Å². The predicted octanol–water partition coefficient (Wildman–Crippen LogP) is 1.97. The van der Waals surface area contributed by atoms with E-state index in [4.69, 9.17) is 5.26 Å². The highest BCUT2D eigenvalue weighted by molar-refractivity contribution is 5.49. The number of nitrogens with zero attached hydrogens (tertiary/aromatic N) is 4. The van der Waals surface area contributed by atoms with Crippen LogP contribution >= 0.6 is 0 Å². The smallest absolute Gasteiger partial charge is 0.183 e. The van der Waals surface area contributed by atoms with E-state index in [0.29, 0.717) is 5.69 Å². The van der Waals surface area contributed by atoms with Crippen molar-refractivity contribution in [3.05, 3.63) is 18.1 Å². The molecule has 1 fully saturated rings. The molecule has 0 aromatic carbocycles. The Morgan fingerprint density at radius 2 is 2.06 bits per heavy atom. The molecule has 1 aromatic heterocycles. The maximum atomic E-state index is 8.97. The number of aromatic nitrogens is 2. The zero-order valence-corrected chi connectivity index (χ0v) is 9.56. The lowest BCUT2D eigenvalue weighted by atomic mass is 9.94. The molecule has 0 radical (unpaired) electrons. The summed E-state index contributed by atoms with van der Waals surface area (Å²) in [5.41, 5.74) is 0.442. The maximum absolute atomic E-state index is 8.97. The Labute approximate surface area is 95.9 Å². The fraction of sp³-hybridized carbons (Fsp3) is 0.583. The lowest BCUT2D eigenvalue weighted by molar-refractivity contribution is 0.393. The van der Waals surface area contributed by atoms with E-state index in [2.05, 4.69) is 27.9 Å². The number of hydrogen-bond donors (Lipinski definition) is 0. The summed E-state index contributed by atoms with van der Waals surface area (Å²) < 4.78 is 0. The van der Waals surface area contributed by atoms with Gasteiger partial charge < -0.3 is 4.90 Å². The molecule has 0 N–H and O–H groups in total. The van der Waals surface area contributed by atoms with E-state index >= 15 is 0 Å². The predicted molar refractivity (Wildman–Crippen MR) is 62.0 cm³/mol. The molecule has 0 amide bonds. The third-order valence-electron chi connectivity index (χ3n) is 3.28.